The summed E-state index contributed by atoms with van der Waals surface area (Å²) in [4.78, 5) is 17.6. The Hall–Kier alpha value is -3.16. The van der Waals surface area contributed by atoms with Crippen LogP contribution in [0.1, 0.15) is 46.1 Å². The van der Waals surface area contributed by atoms with Gasteiger partial charge >= 0.3 is 5.97 Å². The maximum Gasteiger partial charge on any atom is 0.335 e. The molecule has 3 aromatic rings. The van der Waals surface area contributed by atoms with Crippen LogP contribution in [0.3, 0.4) is 0 Å². The Balaban J connectivity index is 1.42. The number of nitrogens with zero attached hydrogens (tertiary/aromatic N) is 2. The number of likely N-dealkylation sites (tertiary alicyclic amines) is 1. The molecule has 1 atom stereocenters. The van der Waals surface area contributed by atoms with Crippen LogP contribution in [0.15, 0.2) is 66.9 Å². The number of pyridine rings is 1. The number of benzene rings is 2. The highest BCUT2D eigenvalue weighted by molar-refractivity contribution is 5.87. The van der Waals surface area contributed by atoms with Gasteiger partial charge in [0.25, 0.3) is 0 Å². The number of carboxylic acid groups (broad SMARTS) is 1. The lowest BCUT2D eigenvalue weighted by atomic mass is 9.99. The van der Waals surface area contributed by atoms with Gasteiger partial charge in [-0.1, -0.05) is 30.3 Å². The highest BCUT2D eigenvalue weighted by atomic mass is 19.1. The minimum atomic E-state index is -0.972. The fraction of sp³-hybridized carbons (Fsp3) is 0.280. The fourth-order valence-corrected chi connectivity index (χ4v) is 3.98. The maximum atomic E-state index is 14.5. The van der Waals surface area contributed by atoms with Crippen molar-refractivity contribution in [3.8, 4) is 0 Å². The second kappa shape index (κ2) is 9.97. The molecule has 0 spiro atoms. The van der Waals surface area contributed by atoms with E-state index in [4.69, 9.17) is 9.84 Å². The average molecular weight is 438 g/mol. The second-order valence-corrected chi connectivity index (χ2v) is 7.91. The minimum Gasteiger partial charge on any atom is -0.478 e. The molecule has 7 heteroatoms. The largest absolute Gasteiger partial charge is 0.478 e. The van der Waals surface area contributed by atoms with Gasteiger partial charge in [0.2, 0.25) is 0 Å². The van der Waals surface area contributed by atoms with Crippen LogP contribution < -0.4 is 0 Å². The smallest absolute Gasteiger partial charge is 0.335 e. The van der Waals surface area contributed by atoms with Gasteiger partial charge in [0.15, 0.2) is 0 Å². The normalized spacial score (nSPS) is 16.1. The van der Waals surface area contributed by atoms with E-state index in [2.05, 4.69) is 9.88 Å². The molecule has 0 aliphatic carbocycles. The van der Waals surface area contributed by atoms with E-state index < -0.39 is 12.1 Å². The molecule has 0 radical (unpaired) electrons. The van der Waals surface area contributed by atoms with Gasteiger partial charge in [-0.25, -0.2) is 13.6 Å². The Kier molecular flexibility index (Phi) is 6.87. The van der Waals surface area contributed by atoms with Gasteiger partial charge in [0, 0.05) is 31.4 Å². The quantitative estimate of drug-likeness (QED) is 0.573. The number of hydrogen-bond donors (Lipinski definition) is 1. The van der Waals surface area contributed by atoms with E-state index in [1.165, 1.54) is 30.5 Å². The number of hydrogen-bond acceptors (Lipinski definition) is 4. The Morgan fingerprint density at radius 2 is 1.81 bits per heavy atom. The van der Waals surface area contributed by atoms with E-state index in [0.717, 1.165) is 25.9 Å². The summed E-state index contributed by atoms with van der Waals surface area (Å²) in [6, 6.07) is 15.5. The lowest BCUT2D eigenvalue weighted by molar-refractivity contribution is -0.0294. The van der Waals surface area contributed by atoms with Gasteiger partial charge in [-0.2, -0.15) is 0 Å². The van der Waals surface area contributed by atoms with E-state index in [0.29, 0.717) is 23.4 Å². The summed E-state index contributed by atoms with van der Waals surface area (Å²) in [5, 5.41) is 9.15. The first-order valence-electron chi connectivity index (χ1n) is 10.6. The van der Waals surface area contributed by atoms with E-state index in [-0.39, 0.29) is 23.3 Å². The molecule has 5 nitrogen and oxygen atoms in total. The molecule has 1 unspecified atom stereocenters. The number of aromatic nitrogens is 1. The summed E-state index contributed by atoms with van der Waals surface area (Å²) in [5.41, 5.74) is 2.06. The van der Waals surface area contributed by atoms with E-state index >= 15 is 0 Å². The molecule has 1 saturated heterocycles. The summed E-state index contributed by atoms with van der Waals surface area (Å²) in [6.45, 7) is 2.05. The Labute approximate surface area is 185 Å². The van der Waals surface area contributed by atoms with Gasteiger partial charge in [-0.3, -0.25) is 9.88 Å². The van der Waals surface area contributed by atoms with Crippen LogP contribution in [0.4, 0.5) is 8.78 Å². The van der Waals surface area contributed by atoms with Crippen LogP contribution in [0.25, 0.3) is 0 Å². The summed E-state index contributed by atoms with van der Waals surface area (Å²) >= 11 is 0. The zero-order chi connectivity index (χ0) is 22.5. The summed E-state index contributed by atoms with van der Waals surface area (Å²) in [5.74, 6) is -1.68. The molecule has 1 N–H and O–H groups in total. The molecule has 4 rings (SSSR count). The van der Waals surface area contributed by atoms with Crippen molar-refractivity contribution < 1.29 is 23.4 Å². The molecule has 2 heterocycles. The predicted molar refractivity (Wildman–Crippen MR) is 115 cm³/mol. The molecule has 32 heavy (non-hydrogen) atoms. The zero-order valence-electron chi connectivity index (χ0n) is 17.5. The summed E-state index contributed by atoms with van der Waals surface area (Å²) in [6.07, 6.45) is 2.28. The molecule has 0 bridgehead atoms. The SMILES string of the molecule is O=C(O)c1ccnc(CN2CCC(OC(c3ccc(F)cc3)c3ccccc3F)CC2)c1. The van der Waals surface area contributed by atoms with Crippen molar-refractivity contribution in [2.45, 2.75) is 31.6 Å². The first-order chi connectivity index (χ1) is 15.5. The van der Waals surface area contributed by atoms with E-state index in [1.54, 1.807) is 36.4 Å². The predicted octanol–water partition coefficient (Wildman–Crippen LogP) is 4.83. The number of ether oxygens (including phenoxy) is 1. The van der Waals surface area contributed by atoms with Gasteiger partial charge < -0.3 is 9.84 Å². The number of rotatable bonds is 7. The standard InChI is InChI=1S/C25H24F2N2O3/c26-19-7-5-17(6-8-19)24(22-3-1-2-4-23(22)27)32-21-10-13-29(14-11-21)16-20-15-18(25(30)31)9-12-28-20/h1-9,12,15,21,24H,10-11,13-14,16H2,(H,30,31). The lowest BCUT2D eigenvalue weighted by Gasteiger charge is -2.34. The Morgan fingerprint density at radius 3 is 2.50 bits per heavy atom. The van der Waals surface area contributed by atoms with Crippen LogP contribution in [-0.4, -0.2) is 40.2 Å². The van der Waals surface area contributed by atoms with Crippen molar-refractivity contribution in [3.05, 3.63) is 101 Å². The molecule has 2 aromatic carbocycles. The first kappa shape index (κ1) is 22.0. The molecular formula is C25H24F2N2O3. The number of piperidine rings is 1. The van der Waals surface area contributed by atoms with Gasteiger partial charge in [-0.05, 0) is 48.7 Å². The summed E-state index contributed by atoms with van der Waals surface area (Å²) in [7, 11) is 0. The van der Waals surface area contributed by atoms with Crippen LogP contribution >= 0.6 is 0 Å². The van der Waals surface area contributed by atoms with Crippen molar-refractivity contribution in [3.63, 3.8) is 0 Å². The van der Waals surface area contributed by atoms with Gasteiger partial charge in [0.05, 0.1) is 17.4 Å². The topological polar surface area (TPSA) is 62.7 Å². The highest BCUT2D eigenvalue weighted by Gasteiger charge is 2.26. The number of halogens is 2. The maximum absolute atomic E-state index is 14.5. The average Bonchev–Trinajstić information content (AvgIpc) is 2.80. The van der Waals surface area contributed by atoms with Crippen LogP contribution in [-0.2, 0) is 11.3 Å². The van der Waals surface area contributed by atoms with Crippen molar-refractivity contribution >= 4 is 5.97 Å². The number of carboxylic acids is 1. The highest BCUT2D eigenvalue weighted by Crippen LogP contribution is 2.32. The van der Waals surface area contributed by atoms with Crippen molar-refractivity contribution in [2.75, 3.05) is 13.1 Å². The van der Waals surface area contributed by atoms with E-state index in [1.807, 2.05) is 0 Å². The molecule has 166 valence electrons. The third-order valence-corrected chi connectivity index (χ3v) is 5.67. The monoisotopic (exact) mass is 438 g/mol. The van der Waals surface area contributed by atoms with Crippen LogP contribution in [0.2, 0.25) is 0 Å². The molecule has 0 saturated carbocycles. The second-order valence-electron chi connectivity index (χ2n) is 7.91. The molecule has 1 aliphatic rings. The molecule has 1 aromatic heterocycles. The third kappa shape index (κ3) is 5.36. The fourth-order valence-electron chi connectivity index (χ4n) is 3.98. The number of aromatic carboxylic acids is 1. The Bertz CT molecular complexity index is 1070. The molecule has 1 fully saturated rings. The zero-order valence-corrected chi connectivity index (χ0v) is 17.5. The minimum absolute atomic E-state index is 0.0841. The van der Waals surface area contributed by atoms with Crippen molar-refractivity contribution in [1.82, 2.24) is 9.88 Å². The summed E-state index contributed by atoms with van der Waals surface area (Å²) < 4.78 is 34.3. The third-order valence-electron chi connectivity index (χ3n) is 5.67. The number of carbonyl (C=O) groups is 1. The van der Waals surface area contributed by atoms with Crippen molar-refractivity contribution in [2.24, 2.45) is 0 Å². The van der Waals surface area contributed by atoms with Crippen LogP contribution in [0, 0.1) is 11.6 Å². The van der Waals surface area contributed by atoms with Crippen molar-refractivity contribution in [1.29, 1.82) is 0 Å². The van der Waals surface area contributed by atoms with Gasteiger partial charge in [0.1, 0.15) is 17.7 Å². The molecule has 0 amide bonds. The lowest BCUT2D eigenvalue weighted by Crippen LogP contribution is -2.37. The Morgan fingerprint density at radius 1 is 1.09 bits per heavy atom. The van der Waals surface area contributed by atoms with E-state index in [9.17, 15) is 13.6 Å². The first-order valence-corrected chi connectivity index (χ1v) is 10.6. The molecule has 1 aliphatic heterocycles. The van der Waals surface area contributed by atoms with Gasteiger partial charge in [-0.15, -0.1) is 0 Å². The van der Waals surface area contributed by atoms with Crippen LogP contribution in [0.5, 0.6) is 0 Å². The molecular weight excluding hydrogens is 414 g/mol.